The van der Waals surface area contributed by atoms with Gasteiger partial charge < -0.3 is 44.4 Å². The van der Waals surface area contributed by atoms with Crippen LogP contribution in [0.3, 0.4) is 0 Å². The molecule has 2 aromatic heterocycles. The number of furan rings is 1. The molecule has 3 aromatic rings. The first-order chi connectivity index (χ1) is 14.4. The van der Waals surface area contributed by atoms with Gasteiger partial charge in [-0.05, 0) is 35.7 Å². The third-order valence-corrected chi connectivity index (χ3v) is 5.00. The molecule has 1 aromatic carbocycles. The number of aliphatic hydroxyl groups is 5. The van der Waals surface area contributed by atoms with Crippen molar-refractivity contribution in [2.75, 3.05) is 6.61 Å². The molecule has 3 heterocycles. The molecule has 0 amide bonds. The second kappa shape index (κ2) is 8.19. The molecule has 1 aliphatic rings. The molecule has 160 valence electrons. The summed E-state index contributed by atoms with van der Waals surface area (Å²) >= 11 is 0. The Hall–Kier alpha value is -2.73. The number of hydrogen-bond acceptors (Lipinski definition) is 9. The van der Waals surface area contributed by atoms with Crippen LogP contribution in [0.25, 0.3) is 22.2 Å². The summed E-state index contributed by atoms with van der Waals surface area (Å²) in [5.74, 6) is 0.958. The highest BCUT2D eigenvalue weighted by Gasteiger charge is 2.44. The fraction of sp³-hybridized carbons (Fsp3) is 0.350. The minimum Gasteiger partial charge on any atom is -0.462 e. The molecular formula is C20H21NO9. The Morgan fingerprint density at radius 2 is 1.80 bits per heavy atom. The van der Waals surface area contributed by atoms with Crippen LogP contribution in [-0.4, -0.2) is 67.8 Å². The average Bonchev–Trinajstić information content (AvgIpc) is 3.24. The molecular weight excluding hydrogens is 398 g/mol. The Morgan fingerprint density at radius 1 is 1.00 bits per heavy atom. The van der Waals surface area contributed by atoms with Crippen molar-refractivity contribution in [2.45, 2.75) is 37.3 Å². The highest BCUT2D eigenvalue weighted by atomic mass is 16.7. The molecule has 0 radical (unpaired) electrons. The van der Waals surface area contributed by atoms with Gasteiger partial charge in [0.2, 0.25) is 6.29 Å². The van der Waals surface area contributed by atoms with Gasteiger partial charge in [-0.2, -0.15) is 0 Å². The number of benzene rings is 1. The summed E-state index contributed by atoms with van der Waals surface area (Å²) in [5, 5.41) is 49.1. The summed E-state index contributed by atoms with van der Waals surface area (Å²) in [4.78, 5) is 15.3. The van der Waals surface area contributed by atoms with E-state index in [2.05, 4.69) is 4.98 Å². The summed E-state index contributed by atoms with van der Waals surface area (Å²) in [6.45, 7) is -0.827. The largest absolute Gasteiger partial charge is 0.462 e. The Morgan fingerprint density at radius 3 is 2.50 bits per heavy atom. The van der Waals surface area contributed by atoms with Crippen LogP contribution < -0.4 is 10.3 Å². The molecule has 1 saturated heterocycles. The molecule has 1 fully saturated rings. The lowest BCUT2D eigenvalue weighted by atomic mass is 9.99. The molecule has 0 spiro atoms. The van der Waals surface area contributed by atoms with E-state index in [9.17, 15) is 25.2 Å². The van der Waals surface area contributed by atoms with Gasteiger partial charge in [0.1, 0.15) is 42.5 Å². The van der Waals surface area contributed by atoms with E-state index >= 15 is 0 Å². The lowest BCUT2D eigenvalue weighted by Crippen LogP contribution is -2.60. The highest BCUT2D eigenvalue weighted by Crippen LogP contribution is 2.27. The number of aromatic nitrogens is 1. The van der Waals surface area contributed by atoms with Crippen LogP contribution in [0.1, 0.15) is 5.76 Å². The molecule has 1 unspecified atom stereocenters. The van der Waals surface area contributed by atoms with Crippen LogP contribution in [0, 0.1) is 0 Å². The third kappa shape index (κ3) is 3.72. The van der Waals surface area contributed by atoms with Crippen molar-refractivity contribution in [2.24, 2.45) is 0 Å². The topological polar surface area (TPSA) is 166 Å². The van der Waals surface area contributed by atoms with E-state index in [4.69, 9.17) is 19.0 Å². The maximum atomic E-state index is 12.6. The van der Waals surface area contributed by atoms with E-state index in [0.29, 0.717) is 28.0 Å². The lowest BCUT2D eigenvalue weighted by Gasteiger charge is -2.39. The monoisotopic (exact) mass is 419 g/mol. The van der Waals surface area contributed by atoms with Gasteiger partial charge in [0.05, 0.1) is 17.7 Å². The number of H-pyrrole nitrogens is 1. The molecule has 0 saturated carbocycles. The first-order valence-electron chi connectivity index (χ1n) is 9.25. The standard InChI is InChI=1S/C20H21NO9/c22-7-11-3-4-14(28-11)13-5-9-1-2-10(6-12(9)19(27)21-13)29-20-18(26)17(25)16(24)15(8-23)30-20/h1-6,15-18,20,22-26H,7-8H2,(H,21,27)/t15-,16-,17?,18-,20-/m1/s1. The Labute approximate surface area is 169 Å². The van der Waals surface area contributed by atoms with Gasteiger partial charge in [0.15, 0.2) is 5.76 Å². The van der Waals surface area contributed by atoms with Crippen molar-refractivity contribution < 1.29 is 39.4 Å². The van der Waals surface area contributed by atoms with Crippen molar-refractivity contribution in [1.29, 1.82) is 0 Å². The van der Waals surface area contributed by atoms with E-state index in [1.165, 1.54) is 6.07 Å². The van der Waals surface area contributed by atoms with Crippen molar-refractivity contribution in [1.82, 2.24) is 4.98 Å². The zero-order valence-corrected chi connectivity index (χ0v) is 15.6. The Balaban J connectivity index is 1.61. The van der Waals surface area contributed by atoms with Gasteiger partial charge >= 0.3 is 0 Å². The van der Waals surface area contributed by atoms with Crippen molar-refractivity contribution in [3.8, 4) is 17.2 Å². The predicted molar refractivity (Wildman–Crippen MR) is 103 cm³/mol. The van der Waals surface area contributed by atoms with E-state index in [0.717, 1.165) is 0 Å². The summed E-state index contributed by atoms with van der Waals surface area (Å²) in [6.07, 6.45) is -7.06. The highest BCUT2D eigenvalue weighted by molar-refractivity contribution is 5.85. The van der Waals surface area contributed by atoms with Gasteiger partial charge in [-0.1, -0.05) is 6.07 Å². The van der Waals surface area contributed by atoms with Crippen molar-refractivity contribution in [3.05, 3.63) is 52.5 Å². The van der Waals surface area contributed by atoms with Crippen LogP contribution in [-0.2, 0) is 11.3 Å². The summed E-state index contributed by atoms with van der Waals surface area (Å²) in [5.41, 5.74) is 0.0264. The smallest absolute Gasteiger partial charge is 0.256 e. The van der Waals surface area contributed by atoms with Gasteiger partial charge in [-0.3, -0.25) is 4.79 Å². The van der Waals surface area contributed by atoms with E-state index < -0.39 is 42.9 Å². The van der Waals surface area contributed by atoms with Crippen LogP contribution >= 0.6 is 0 Å². The zero-order chi connectivity index (χ0) is 21.4. The Kier molecular flexibility index (Phi) is 5.60. The summed E-state index contributed by atoms with van der Waals surface area (Å²) < 4.78 is 16.3. The number of aliphatic hydroxyl groups excluding tert-OH is 5. The van der Waals surface area contributed by atoms with Crippen LogP contribution in [0.4, 0.5) is 0 Å². The van der Waals surface area contributed by atoms with Gasteiger partial charge in [0.25, 0.3) is 5.56 Å². The molecule has 4 rings (SSSR count). The second-order valence-corrected chi connectivity index (χ2v) is 7.00. The minimum absolute atomic E-state index is 0.186. The summed E-state index contributed by atoms with van der Waals surface area (Å²) in [7, 11) is 0. The molecule has 0 aliphatic carbocycles. The Bertz CT molecular complexity index is 1090. The van der Waals surface area contributed by atoms with Gasteiger partial charge in [-0.25, -0.2) is 0 Å². The average molecular weight is 419 g/mol. The molecule has 6 N–H and O–H groups in total. The molecule has 1 aliphatic heterocycles. The zero-order valence-electron chi connectivity index (χ0n) is 15.6. The van der Waals surface area contributed by atoms with Crippen molar-refractivity contribution >= 4 is 10.8 Å². The third-order valence-electron chi connectivity index (χ3n) is 5.00. The minimum atomic E-state index is -1.57. The summed E-state index contributed by atoms with van der Waals surface area (Å²) in [6, 6.07) is 9.57. The number of aromatic amines is 1. The second-order valence-electron chi connectivity index (χ2n) is 7.00. The van der Waals surface area contributed by atoms with Crippen LogP contribution in [0.2, 0.25) is 0 Å². The van der Waals surface area contributed by atoms with Gasteiger partial charge in [0, 0.05) is 0 Å². The lowest BCUT2D eigenvalue weighted by molar-refractivity contribution is -0.277. The fourth-order valence-corrected chi connectivity index (χ4v) is 3.35. The van der Waals surface area contributed by atoms with Crippen molar-refractivity contribution in [3.63, 3.8) is 0 Å². The maximum Gasteiger partial charge on any atom is 0.256 e. The number of nitrogens with one attached hydrogen (secondary N) is 1. The quantitative estimate of drug-likeness (QED) is 0.318. The maximum absolute atomic E-state index is 12.6. The number of ether oxygens (including phenoxy) is 2. The first-order valence-corrected chi connectivity index (χ1v) is 9.25. The molecule has 0 bridgehead atoms. The number of hydrogen-bond donors (Lipinski definition) is 6. The van der Waals surface area contributed by atoms with Crippen LogP contribution in [0.15, 0.2) is 45.6 Å². The molecule has 10 nitrogen and oxygen atoms in total. The van der Waals surface area contributed by atoms with E-state index in [1.807, 2.05) is 0 Å². The predicted octanol–water partition coefficient (Wildman–Crippen LogP) is -0.541. The van der Waals surface area contributed by atoms with Crippen LogP contribution in [0.5, 0.6) is 5.75 Å². The van der Waals surface area contributed by atoms with E-state index in [1.54, 1.807) is 30.3 Å². The molecule has 5 atom stereocenters. The number of rotatable bonds is 5. The SMILES string of the molecule is O=c1[nH]c(-c2ccc(CO)o2)cc2ccc(O[C@@H]3O[C@H](CO)[C@@H](O)C(O)[C@H]3O)cc12. The first kappa shape index (κ1) is 20.5. The van der Waals surface area contributed by atoms with Gasteiger partial charge in [-0.15, -0.1) is 0 Å². The number of pyridine rings is 1. The molecule has 10 heteroatoms. The van der Waals surface area contributed by atoms with E-state index in [-0.39, 0.29) is 12.4 Å². The fourth-order valence-electron chi connectivity index (χ4n) is 3.35. The number of fused-ring (bicyclic) bond motifs is 1. The normalized spacial score (nSPS) is 26.8. The molecule has 30 heavy (non-hydrogen) atoms.